The molecule has 5 nitrogen and oxygen atoms in total. The number of carbonyl (C=O) groups is 1. The van der Waals surface area contributed by atoms with Crippen LogP contribution in [-0.2, 0) is 9.84 Å². The summed E-state index contributed by atoms with van der Waals surface area (Å²) in [5, 5.41) is 0.122. The van der Waals surface area contributed by atoms with Crippen LogP contribution in [-0.4, -0.2) is 37.3 Å². The number of nitrogens with zero attached hydrogens (tertiary/aromatic N) is 2. The van der Waals surface area contributed by atoms with Crippen LogP contribution >= 0.6 is 0 Å². The third-order valence-corrected chi connectivity index (χ3v) is 7.26. The molecule has 0 spiro atoms. The van der Waals surface area contributed by atoms with Crippen molar-refractivity contribution in [1.29, 1.82) is 0 Å². The van der Waals surface area contributed by atoms with Gasteiger partial charge in [-0.15, -0.1) is 0 Å². The van der Waals surface area contributed by atoms with Gasteiger partial charge >= 0.3 is 0 Å². The maximum atomic E-state index is 14.1. The topological polar surface area (TPSA) is 67.3 Å². The highest BCUT2D eigenvalue weighted by molar-refractivity contribution is 7.91. The standard InChI is InChI=1S/C23H23FN2O3S/c1-15-10-16(2)12-18(11-15)30(28,29)22-19-13-17(24)6-7-21(19)25-14-20(22)23(27)26-8-4-3-5-9-26/h6-7,10-14H,3-5,8-9H2,1-2H3. The molecule has 7 heteroatoms. The van der Waals surface area contributed by atoms with Crippen molar-refractivity contribution in [2.75, 3.05) is 13.1 Å². The Morgan fingerprint density at radius 1 is 1.00 bits per heavy atom. The Bertz CT molecular complexity index is 1230. The van der Waals surface area contributed by atoms with E-state index in [-0.39, 0.29) is 26.6 Å². The predicted octanol–water partition coefficient (Wildman–Crippen LogP) is 4.45. The maximum absolute atomic E-state index is 14.1. The molecule has 0 bridgehead atoms. The monoisotopic (exact) mass is 426 g/mol. The van der Waals surface area contributed by atoms with E-state index in [2.05, 4.69) is 4.98 Å². The highest BCUT2D eigenvalue weighted by atomic mass is 32.2. The Labute approximate surface area is 175 Å². The van der Waals surface area contributed by atoms with Crippen molar-refractivity contribution < 1.29 is 17.6 Å². The predicted molar refractivity (Wildman–Crippen MR) is 113 cm³/mol. The molecule has 3 aromatic rings. The molecule has 1 fully saturated rings. The average Bonchev–Trinajstić information content (AvgIpc) is 2.72. The second-order valence-corrected chi connectivity index (χ2v) is 9.73. The second-order valence-electron chi connectivity index (χ2n) is 7.84. The molecule has 1 amide bonds. The Kier molecular flexibility index (Phi) is 5.32. The number of rotatable bonds is 3. The van der Waals surface area contributed by atoms with Crippen LogP contribution in [0, 0.1) is 19.7 Å². The van der Waals surface area contributed by atoms with Gasteiger partial charge in [-0.3, -0.25) is 9.78 Å². The fourth-order valence-corrected chi connectivity index (χ4v) is 5.86. The van der Waals surface area contributed by atoms with Crippen molar-refractivity contribution in [3.63, 3.8) is 0 Å². The number of aromatic nitrogens is 1. The van der Waals surface area contributed by atoms with E-state index >= 15 is 0 Å². The van der Waals surface area contributed by atoms with E-state index in [4.69, 9.17) is 0 Å². The summed E-state index contributed by atoms with van der Waals surface area (Å²) in [7, 11) is -4.10. The summed E-state index contributed by atoms with van der Waals surface area (Å²) in [6.07, 6.45) is 4.10. The summed E-state index contributed by atoms with van der Waals surface area (Å²) in [4.78, 5) is 19.1. The largest absolute Gasteiger partial charge is 0.339 e. The van der Waals surface area contributed by atoms with Crippen LogP contribution in [0.1, 0.15) is 40.7 Å². The van der Waals surface area contributed by atoms with Gasteiger partial charge in [0.1, 0.15) is 5.82 Å². The van der Waals surface area contributed by atoms with Crippen molar-refractivity contribution in [2.24, 2.45) is 0 Å². The molecular formula is C23H23FN2O3S. The number of halogens is 1. The van der Waals surface area contributed by atoms with Crippen LogP contribution in [0.4, 0.5) is 4.39 Å². The van der Waals surface area contributed by atoms with Crippen molar-refractivity contribution in [3.8, 4) is 0 Å². The number of hydrogen-bond acceptors (Lipinski definition) is 4. The van der Waals surface area contributed by atoms with Gasteiger partial charge in [0, 0.05) is 24.7 Å². The molecule has 0 unspecified atom stereocenters. The van der Waals surface area contributed by atoms with E-state index in [1.165, 1.54) is 18.3 Å². The first-order chi connectivity index (χ1) is 14.3. The van der Waals surface area contributed by atoms with Crippen LogP contribution in [0.15, 0.2) is 52.4 Å². The van der Waals surface area contributed by atoms with E-state index in [1.54, 1.807) is 17.0 Å². The van der Waals surface area contributed by atoms with Crippen LogP contribution < -0.4 is 0 Å². The zero-order valence-corrected chi connectivity index (χ0v) is 17.8. The lowest BCUT2D eigenvalue weighted by molar-refractivity contribution is 0.0720. The first kappa shape index (κ1) is 20.5. The number of hydrogen-bond donors (Lipinski definition) is 0. The van der Waals surface area contributed by atoms with Gasteiger partial charge in [-0.05, 0) is 74.6 Å². The molecule has 1 aliphatic rings. The minimum atomic E-state index is -4.10. The first-order valence-corrected chi connectivity index (χ1v) is 11.5. The molecule has 0 atom stereocenters. The summed E-state index contributed by atoms with van der Waals surface area (Å²) in [6.45, 7) is 4.78. The van der Waals surface area contributed by atoms with E-state index < -0.39 is 15.7 Å². The van der Waals surface area contributed by atoms with Crippen molar-refractivity contribution in [2.45, 2.75) is 42.9 Å². The fourth-order valence-electron chi connectivity index (χ4n) is 4.06. The molecule has 1 saturated heterocycles. The number of carbonyl (C=O) groups excluding carboxylic acids is 1. The normalized spacial score (nSPS) is 14.8. The molecule has 4 rings (SSSR count). The molecule has 2 aromatic carbocycles. The van der Waals surface area contributed by atoms with Gasteiger partial charge in [-0.2, -0.15) is 0 Å². The van der Waals surface area contributed by atoms with Gasteiger partial charge in [-0.25, -0.2) is 12.8 Å². The lowest BCUT2D eigenvalue weighted by Gasteiger charge is -2.27. The van der Waals surface area contributed by atoms with Crippen molar-refractivity contribution in [3.05, 3.63) is 65.1 Å². The highest BCUT2D eigenvalue weighted by Crippen LogP contribution is 2.33. The van der Waals surface area contributed by atoms with Gasteiger partial charge < -0.3 is 4.90 Å². The molecular weight excluding hydrogens is 403 g/mol. The van der Waals surface area contributed by atoms with E-state index in [1.807, 2.05) is 19.9 Å². The Morgan fingerprint density at radius 2 is 1.67 bits per heavy atom. The molecule has 30 heavy (non-hydrogen) atoms. The summed E-state index contributed by atoms with van der Waals surface area (Å²) >= 11 is 0. The summed E-state index contributed by atoms with van der Waals surface area (Å²) in [6, 6.07) is 8.83. The van der Waals surface area contributed by atoms with E-state index in [9.17, 15) is 17.6 Å². The molecule has 156 valence electrons. The van der Waals surface area contributed by atoms with Gasteiger partial charge in [0.2, 0.25) is 9.84 Å². The van der Waals surface area contributed by atoms with E-state index in [0.29, 0.717) is 18.6 Å². The van der Waals surface area contributed by atoms with Crippen LogP contribution in [0.3, 0.4) is 0 Å². The minimum absolute atomic E-state index is 0.00541. The molecule has 2 heterocycles. The summed E-state index contributed by atoms with van der Waals surface area (Å²) < 4.78 is 41.6. The number of fused-ring (bicyclic) bond motifs is 1. The summed E-state index contributed by atoms with van der Waals surface area (Å²) in [5.74, 6) is -0.958. The number of pyridine rings is 1. The SMILES string of the molecule is Cc1cc(C)cc(S(=O)(=O)c2c(C(=O)N3CCCCC3)cnc3ccc(F)cc23)c1. The molecule has 0 radical (unpaired) electrons. The third-order valence-electron chi connectivity index (χ3n) is 5.43. The molecule has 0 N–H and O–H groups in total. The third kappa shape index (κ3) is 3.69. The lowest BCUT2D eigenvalue weighted by Crippen LogP contribution is -2.36. The van der Waals surface area contributed by atoms with Crippen LogP contribution in [0.25, 0.3) is 10.9 Å². The number of aryl methyl sites for hydroxylation is 2. The Morgan fingerprint density at radius 3 is 2.33 bits per heavy atom. The molecule has 1 aliphatic heterocycles. The number of benzene rings is 2. The molecule has 0 aliphatic carbocycles. The number of likely N-dealkylation sites (tertiary alicyclic amines) is 1. The average molecular weight is 427 g/mol. The van der Waals surface area contributed by atoms with Gasteiger partial charge in [0.05, 0.1) is 20.9 Å². The van der Waals surface area contributed by atoms with E-state index in [0.717, 1.165) is 36.5 Å². The zero-order valence-electron chi connectivity index (χ0n) is 17.0. The van der Waals surface area contributed by atoms with Crippen LogP contribution in [0.5, 0.6) is 0 Å². The zero-order chi connectivity index (χ0) is 21.5. The Balaban J connectivity index is 2.00. The quantitative estimate of drug-likeness (QED) is 0.621. The lowest BCUT2D eigenvalue weighted by atomic mass is 10.1. The van der Waals surface area contributed by atoms with Crippen molar-refractivity contribution in [1.82, 2.24) is 9.88 Å². The van der Waals surface area contributed by atoms with Crippen molar-refractivity contribution >= 4 is 26.6 Å². The number of sulfone groups is 1. The first-order valence-electron chi connectivity index (χ1n) is 9.98. The maximum Gasteiger partial charge on any atom is 0.256 e. The molecule has 0 saturated carbocycles. The molecule has 1 aromatic heterocycles. The minimum Gasteiger partial charge on any atom is -0.339 e. The number of amides is 1. The highest BCUT2D eigenvalue weighted by Gasteiger charge is 2.31. The van der Waals surface area contributed by atoms with Gasteiger partial charge in [0.15, 0.2) is 0 Å². The summed E-state index contributed by atoms with van der Waals surface area (Å²) in [5.41, 5.74) is 1.91. The van der Waals surface area contributed by atoms with Gasteiger partial charge in [0.25, 0.3) is 5.91 Å². The smallest absolute Gasteiger partial charge is 0.256 e. The fraction of sp³-hybridized carbons (Fsp3) is 0.304. The van der Waals surface area contributed by atoms with Gasteiger partial charge in [-0.1, -0.05) is 6.07 Å². The number of piperidine rings is 1. The van der Waals surface area contributed by atoms with Crippen LogP contribution in [0.2, 0.25) is 0 Å². The second kappa shape index (κ2) is 7.80. The Hall–Kier alpha value is -2.80.